The first kappa shape index (κ1) is 16.7. The third-order valence-corrected chi connectivity index (χ3v) is 5.48. The van der Waals surface area contributed by atoms with E-state index in [1.54, 1.807) is 0 Å². The molecule has 1 aromatic carbocycles. The fourth-order valence-corrected chi connectivity index (χ4v) is 4.04. The maximum Gasteiger partial charge on any atom is 0.230 e. The molecule has 1 heterocycles. The Balaban J connectivity index is 1.84. The summed E-state index contributed by atoms with van der Waals surface area (Å²) in [5.74, 6) is 0.584. The highest BCUT2D eigenvalue weighted by Gasteiger charge is 2.30. The number of aryl methyl sites for hydroxylation is 1. The second-order valence-electron chi connectivity index (χ2n) is 6.75. The van der Waals surface area contributed by atoms with Crippen LogP contribution in [0.1, 0.15) is 61.4 Å². The maximum atomic E-state index is 12.9. The van der Waals surface area contributed by atoms with Crippen molar-refractivity contribution in [2.75, 3.05) is 11.4 Å². The van der Waals surface area contributed by atoms with Gasteiger partial charge in [0.15, 0.2) is 5.78 Å². The van der Waals surface area contributed by atoms with Gasteiger partial charge in [-0.25, -0.2) is 0 Å². The number of ketones is 1. The summed E-state index contributed by atoms with van der Waals surface area (Å²) in [5.41, 5.74) is 2.89. The number of anilines is 1. The van der Waals surface area contributed by atoms with E-state index >= 15 is 0 Å². The zero-order chi connectivity index (χ0) is 16.4. The quantitative estimate of drug-likeness (QED) is 0.573. The molecule has 0 bridgehead atoms. The fraction of sp³-hybridized carbons (Fsp3) is 0.579. The molecule has 1 unspecified atom stereocenters. The number of fused-ring (bicyclic) bond motifs is 1. The van der Waals surface area contributed by atoms with Crippen molar-refractivity contribution in [1.29, 1.82) is 0 Å². The van der Waals surface area contributed by atoms with Crippen LogP contribution in [0.5, 0.6) is 0 Å². The van der Waals surface area contributed by atoms with Crippen LogP contribution in [0.2, 0.25) is 0 Å². The summed E-state index contributed by atoms with van der Waals surface area (Å²) in [4.78, 5) is 26.9. The number of carbonyl (C=O) groups is 2. The molecule has 0 saturated heterocycles. The second kappa shape index (κ2) is 7.16. The van der Waals surface area contributed by atoms with Gasteiger partial charge in [-0.15, -0.1) is 0 Å². The molecule has 0 N–H and O–H groups in total. The van der Waals surface area contributed by atoms with Gasteiger partial charge in [0.25, 0.3) is 0 Å². The first-order chi connectivity index (χ1) is 11.1. The third kappa shape index (κ3) is 3.52. The summed E-state index contributed by atoms with van der Waals surface area (Å²) in [7, 11) is 0. The molecule has 1 aliphatic heterocycles. The number of hydrogen-bond donors (Lipinski definition) is 0. The van der Waals surface area contributed by atoms with Crippen LogP contribution < -0.4 is 4.90 Å². The Hall–Kier alpha value is -1.16. The van der Waals surface area contributed by atoms with Crippen LogP contribution in [0.15, 0.2) is 18.2 Å². The van der Waals surface area contributed by atoms with Crippen molar-refractivity contribution in [1.82, 2.24) is 0 Å². The lowest BCUT2D eigenvalue weighted by atomic mass is 9.87. The highest BCUT2D eigenvalue weighted by molar-refractivity contribution is 9.10. The van der Waals surface area contributed by atoms with E-state index in [9.17, 15) is 9.59 Å². The van der Waals surface area contributed by atoms with Crippen molar-refractivity contribution < 1.29 is 9.59 Å². The summed E-state index contributed by atoms with van der Waals surface area (Å²) >= 11 is 3.35. The average molecular weight is 378 g/mol. The van der Waals surface area contributed by atoms with E-state index in [4.69, 9.17) is 0 Å². The number of halogens is 1. The van der Waals surface area contributed by atoms with Crippen LogP contribution in [0.25, 0.3) is 0 Å². The summed E-state index contributed by atoms with van der Waals surface area (Å²) in [6, 6.07) is 5.82. The predicted molar refractivity (Wildman–Crippen MR) is 96.4 cm³/mol. The molecule has 1 aromatic rings. The summed E-state index contributed by atoms with van der Waals surface area (Å²) < 4.78 is 0. The Kier molecular flexibility index (Phi) is 5.20. The number of nitrogens with zero attached hydrogens (tertiary/aromatic N) is 1. The van der Waals surface area contributed by atoms with Gasteiger partial charge in [-0.3, -0.25) is 9.59 Å². The van der Waals surface area contributed by atoms with Crippen molar-refractivity contribution in [3.8, 4) is 0 Å². The second-order valence-corrected chi connectivity index (χ2v) is 8.13. The van der Waals surface area contributed by atoms with Gasteiger partial charge in [-0.1, -0.05) is 35.2 Å². The molecule has 124 valence electrons. The number of benzene rings is 1. The normalized spacial score (nSPS) is 20.0. The van der Waals surface area contributed by atoms with Crippen LogP contribution in [0.3, 0.4) is 0 Å². The highest BCUT2D eigenvalue weighted by Crippen LogP contribution is 2.33. The zero-order valence-corrected chi connectivity index (χ0v) is 15.3. The van der Waals surface area contributed by atoms with Gasteiger partial charge < -0.3 is 4.90 Å². The molecule has 0 spiro atoms. The standard InChI is InChI=1S/C19H24BrNO2/c1-13(20)18(22)16-9-10-17-15(12-16)8-5-11-21(17)19(23)14-6-3-2-4-7-14/h9-10,12-14H,2-8,11H2,1H3. The number of amides is 1. The largest absolute Gasteiger partial charge is 0.312 e. The van der Waals surface area contributed by atoms with Crippen LogP contribution >= 0.6 is 15.9 Å². The van der Waals surface area contributed by atoms with Gasteiger partial charge in [-0.2, -0.15) is 0 Å². The Morgan fingerprint density at radius 2 is 1.91 bits per heavy atom. The third-order valence-electron chi connectivity index (χ3n) is 5.06. The van der Waals surface area contributed by atoms with Crippen LogP contribution in [-0.2, 0) is 11.2 Å². The first-order valence-corrected chi connectivity index (χ1v) is 9.62. The smallest absolute Gasteiger partial charge is 0.230 e. The van der Waals surface area contributed by atoms with E-state index < -0.39 is 0 Å². The van der Waals surface area contributed by atoms with E-state index in [1.165, 1.54) is 19.3 Å². The Bertz CT molecular complexity index is 605. The molecule has 2 aliphatic rings. The number of hydrogen-bond acceptors (Lipinski definition) is 2. The molecule has 23 heavy (non-hydrogen) atoms. The summed E-state index contributed by atoms with van der Waals surface area (Å²) in [5, 5.41) is 0. The monoisotopic (exact) mass is 377 g/mol. The van der Waals surface area contributed by atoms with Gasteiger partial charge >= 0.3 is 0 Å². The molecule has 4 heteroatoms. The van der Waals surface area contributed by atoms with Crippen molar-refractivity contribution in [2.45, 2.75) is 56.7 Å². The highest BCUT2D eigenvalue weighted by atomic mass is 79.9. The first-order valence-electron chi connectivity index (χ1n) is 8.70. The Morgan fingerprint density at radius 3 is 2.61 bits per heavy atom. The SMILES string of the molecule is CC(Br)C(=O)c1ccc2c(c1)CCCN2C(=O)C1CCCCC1. The molecule has 1 saturated carbocycles. The molecular weight excluding hydrogens is 354 g/mol. The lowest BCUT2D eigenvalue weighted by molar-refractivity contribution is -0.123. The van der Waals surface area contributed by atoms with Crippen molar-refractivity contribution in [3.05, 3.63) is 29.3 Å². The molecule has 0 aromatic heterocycles. The van der Waals surface area contributed by atoms with Crippen molar-refractivity contribution in [3.63, 3.8) is 0 Å². The summed E-state index contributed by atoms with van der Waals surface area (Å²) in [6.45, 7) is 2.66. The van der Waals surface area contributed by atoms with Gasteiger partial charge in [0.1, 0.15) is 0 Å². The predicted octanol–water partition coefficient (Wildman–Crippen LogP) is 4.51. The topological polar surface area (TPSA) is 37.4 Å². The fourth-order valence-electron chi connectivity index (χ4n) is 3.78. The minimum Gasteiger partial charge on any atom is -0.312 e. The summed E-state index contributed by atoms with van der Waals surface area (Å²) in [6.07, 6.45) is 7.59. The molecule has 1 amide bonds. The van der Waals surface area contributed by atoms with Crippen LogP contribution in [-0.4, -0.2) is 23.1 Å². The molecule has 3 rings (SSSR count). The van der Waals surface area contributed by atoms with Crippen molar-refractivity contribution >= 4 is 33.3 Å². The lowest BCUT2D eigenvalue weighted by Crippen LogP contribution is -2.40. The molecular formula is C19H24BrNO2. The molecule has 1 fully saturated rings. The number of alkyl halides is 1. The van der Waals surface area contributed by atoms with Crippen LogP contribution in [0, 0.1) is 5.92 Å². The molecule has 1 aliphatic carbocycles. The van der Waals surface area contributed by atoms with Gasteiger partial charge in [0.2, 0.25) is 5.91 Å². The maximum absolute atomic E-state index is 12.9. The van der Waals surface area contributed by atoms with Gasteiger partial charge in [-0.05, 0) is 56.4 Å². The number of carbonyl (C=O) groups excluding carboxylic acids is 2. The van der Waals surface area contributed by atoms with Gasteiger partial charge in [0, 0.05) is 23.7 Å². The van der Waals surface area contributed by atoms with E-state index in [0.717, 1.165) is 49.0 Å². The lowest BCUT2D eigenvalue weighted by Gasteiger charge is -2.33. The number of rotatable bonds is 3. The van der Waals surface area contributed by atoms with E-state index in [0.29, 0.717) is 5.91 Å². The van der Waals surface area contributed by atoms with Crippen molar-refractivity contribution in [2.24, 2.45) is 5.92 Å². The Labute approximate surface area is 146 Å². The van der Waals surface area contributed by atoms with E-state index in [1.807, 2.05) is 30.0 Å². The van der Waals surface area contributed by atoms with Crippen LogP contribution in [0.4, 0.5) is 5.69 Å². The molecule has 0 radical (unpaired) electrons. The molecule has 3 nitrogen and oxygen atoms in total. The zero-order valence-electron chi connectivity index (χ0n) is 13.7. The minimum absolute atomic E-state index is 0.100. The average Bonchev–Trinajstić information content (AvgIpc) is 2.60. The molecule has 1 atom stereocenters. The van der Waals surface area contributed by atoms with Gasteiger partial charge in [0.05, 0.1) is 4.83 Å². The Morgan fingerprint density at radius 1 is 1.17 bits per heavy atom. The number of Topliss-reactive ketones (excluding diaryl/α,β-unsaturated/α-hetero) is 1. The minimum atomic E-state index is -0.177. The van der Waals surface area contributed by atoms with E-state index in [-0.39, 0.29) is 16.5 Å². The van der Waals surface area contributed by atoms with E-state index in [2.05, 4.69) is 15.9 Å².